The minimum Gasteiger partial charge on any atom is -0.478 e. The van der Waals surface area contributed by atoms with Gasteiger partial charge in [-0.2, -0.15) is 0 Å². The Morgan fingerprint density at radius 1 is 1.23 bits per heavy atom. The number of rotatable bonds is 7. The first-order valence-electron chi connectivity index (χ1n) is 8.04. The van der Waals surface area contributed by atoms with E-state index in [-0.39, 0.29) is 5.92 Å². The average molecular weight is 299 g/mol. The third-order valence-electron chi connectivity index (χ3n) is 3.97. The lowest BCUT2D eigenvalue weighted by atomic mass is 10.1. The number of aryl methyl sites for hydroxylation is 1. The van der Waals surface area contributed by atoms with Gasteiger partial charge in [-0.1, -0.05) is 57.5 Å². The molecule has 1 heterocycles. The number of carboxylic acids is 1. The van der Waals surface area contributed by atoms with Crippen molar-refractivity contribution in [3.8, 4) is 0 Å². The van der Waals surface area contributed by atoms with Gasteiger partial charge in [0.25, 0.3) is 0 Å². The Hall–Kier alpha value is -2.03. The summed E-state index contributed by atoms with van der Waals surface area (Å²) in [5.74, 6) is -0.640. The summed E-state index contributed by atoms with van der Waals surface area (Å²) in [7, 11) is 0. The van der Waals surface area contributed by atoms with Crippen LogP contribution < -0.4 is 0 Å². The van der Waals surface area contributed by atoms with Crippen molar-refractivity contribution >= 4 is 5.97 Å². The summed E-state index contributed by atoms with van der Waals surface area (Å²) in [4.78, 5) is 11.6. The second-order valence-electron chi connectivity index (χ2n) is 6.07. The summed E-state index contributed by atoms with van der Waals surface area (Å²) in [6, 6.07) is 12.1. The second-order valence-corrected chi connectivity index (χ2v) is 6.07. The molecular formula is C19H25NO2. The first kappa shape index (κ1) is 16.3. The Bertz CT molecular complexity index is 626. The number of hydrogen-bond donors (Lipinski definition) is 1. The molecule has 3 nitrogen and oxygen atoms in total. The standard InChI is InChI=1S/C19H25NO2/c1-4-5-11-16-12-17(19(21)22)18(14(2)3)20(16)13-15-9-7-6-8-10-15/h6-10,12,14H,4-5,11,13H2,1-3H3,(H,21,22). The highest BCUT2D eigenvalue weighted by atomic mass is 16.4. The van der Waals surface area contributed by atoms with Crippen LogP contribution in [0.25, 0.3) is 0 Å². The highest BCUT2D eigenvalue weighted by molar-refractivity contribution is 5.89. The summed E-state index contributed by atoms with van der Waals surface area (Å²) in [5.41, 5.74) is 3.72. The van der Waals surface area contributed by atoms with Gasteiger partial charge in [0.1, 0.15) is 0 Å². The first-order valence-corrected chi connectivity index (χ1v) is 8.04. The number of carboxylic acid groups (broad SMARTS) is 1. The van der Waals surface area contributed by atoms with E-state index >= 15 is 0 Å². The topological polar surface area (TPSA) is 42.2 Å². The summed E-state index contributed by atoms with van der Waals surface area (Å²) in [6.45, 7) is 7.02. The number of aromatic carboxylic acids is 1. The average Bonchev–Trinajstić information content (AvgIpc) is 2.85. The van der Waals surface area contributed by atoms with Crippen molar-refractivity contribution in [2.24, 2.45) is 0 Å². The monoisotopic (exact) mass is 299 g/mol. The van der Waals surface area contributed by atoms with Gasteiger partial charge in [0.05, 0.1) is 5.56 Å². The predicted octanol–water partition coefficient (Wildman–Crippen LogP) is 4.70. The van der Waals surface area contributed by atoms with Gasteiger partial charge in [0, 0.05) is 17.9 Å². The molecule has 1 aromatic carbocycles. The van der Waals surface area contributed by atoms with Crippen LogP contribution in [0.15, 0.2) is 36.4 Å². The zero-order valence-corrected chi connectivity index (χ0v) is 13.7. The van der Waals surface area contributed by atoms with Crippen molar-refractivity contribution in [1.82, 2.24) is 4.57 Å². The SMILES string of the molecule is CCCCc1cc(C(=O)O)c(C(C)C)n1Cc1ccccc1. The third kappa shape index (κ3) is 3.59. The molecule has 0 saturated heterocycles. The van der Waals surface area contributed by atoms with E-state index in [0.29, 0.717) is 5.56 Å². The van der Waals surface area contributed by atoms with Crippen LogP contribution in [-0.2, 0) is 13.0 Å². The molecule has 1 aromatic heterocycles. The Kier molecular flexibility index (Phi) is 5.42. The van der Waals surface area contributed by atoms with E-state index in [1.807, 2.05) is 24.3 Å². The Balaban J connectivity index is 2.48. The molecule has 1 N–H and O–H groups in total. The molecule has 0 fully saturated rings. The fourth-order valence-electron chi connectivity index (χ4n) is 2.93. The number of nitrogens with zero attached hydrogens (tertiary/aromatic N) is 1. The van der Waals surface area contributed by atoms with Gasteiger partial charge < -0.3 is 9.67 Å². The van der Waals surface area contributed by atoms with Crippen LogP contribution >= 0.6 is 0 Å². The van der Waals surface area contributed by atoms with Gasteiger partial charge in [-0.15, -0.1) is 0 Å². The lowest BCUT2D eigenvalue weighted by Gasteiger charge is -2.16. The predicted molar refractivity (Wildman–Crippen MR) is 89.6 cm³/mol. The van der Waals surface area contributed by atoms with Crippen molar-refractivity contribution in [3.05, 3.63) is 58.9 Å². The van der Waals surface area contributed by atoms with Gasteiger partial charge in [-0.05, 0) is 30.4 Å². The molecule has 0 atom stereocenters. The summed E-state index contributed by atoms with van der Waals surface area (Å²) in [6.07, 6.45) is 3.11. The van der Waals surface area contributed by atoms with Crippen molar-refractivity contribution in [1.29, 1.82) is 0 Å². The number of aromatic nitrogens is 1. The first-order chi connectivity index (χ1) is 10.5. The van der Waals surface area contributed by atoms with E-state index in [1.165, 1.54) is 5.56 Å². The number of unbranched alkanes of at least 4 members (excludes halogenated alkanes) is 1. The van der Waals surface area contributed by atoms with E-state index in [2.05, 4.69) is 37.5 Å². The van der Waals surface area contributed by atoms with Gasteiger partial charge >= 0.3 is 5.97 Å². The maximum atomic E-state index is 11.6. The van der Waals surface area contributed by atoms with Crippen molar-refractivity contribution < 1.29 is 9.90 Å². The van der Waals surface area contributed by atoms with Crippen LogP contribution in [0.3, 0.4) is 0 Å². The van der Waals surface area contributed by atoms with Crippen LogP contribution in [0, 0.1) is 0 Å². The maximum absolute atomic E-state index is 11.6. The van der Waals surface area contributed by atoms with Crippen LogP contribution in [-0.4, -0.2) is 15.6 Å². The van der Waals surface area contributed by atoms with Gasteiger partial charge in [-0.25, -0.2) is 4.79 Å². The van der Waals surface area contributed by atoms with Crippen LogP contribution in [0.5, 0.6) is 0 Å². The Morgan fingerprint density at radius 2 is 1.91 bits per heavy atom. The summed E-state index contributed by atoms with van der Waals surface area (Å²) in [5, 5.41) is 9.53. The molecule has 0 saturated carbocycles. The molecule has 0 aliphatic carbocycles. The lowest BCUT2D eigenvalue weighted by molar-refractivity contribution is 0.0695. The van der Waals surface area contributed by atoms with Crippen molar-refractivity contribution in [2.45, 2.75) is 52.5 Å². The second kappa shape index (κ2) is 7.30. The molecule has 2 rings (SSSR count). The Morgan fingerprint density at radius 3 is 2.45 bits per heavy atom. The van der Waals surface area contributed by atoms with Gasteiger partial charge in [0.15, 0.2) is 0 Å². The fraction of sp³-hybridized carbons (Fsp3) is 0.421. The molecule has 0 bridgehead atoms. The molecule has 118 valence electrons. The van der Waals surface area contributed by atoms with Crippen LogP contribution in [0.4, 0.5) is 0 Å². The minimum absolute atomic E-state index is 0.185. The summed E-state index contributed by atoms with van der Waals surface area (Å²) < 4.78 is 2.21. The van der Waals surface area contributed by atoms with Crippen LogP contribution in [0.2, 0.25) is 0 Å². The minimum atomic E-state index is -0.826. The highest BCUT2D eigenvalue weighted by Gasteiger charge is 2.21. The molecule has 3 heteroatoms. The molecule has 0 spiro atoms. The fourth-order valence-corrected chi connectivity index (χ4v) is 2.93. The zero-order valence-electron chi connectivity index (χ0n) is 13.7. The third-order valence-corrected chi connectivity index (χ3v) is 3.97. The van der Waals surface area contributed by atoms with E-state index in [1.54, 1.807) is 0 Å². The molecule has 0 amide bonds. The molecular weight excluding hydrogens is 274 g/mol. The number of carbonyl (C=O) groups is 1. The molecule has 0 radical (unpaired) electrons. The van der Waals surface area contributed by atoms with E-state index in [0.717, 1.165) is 37.2 Å². The molecule has 0 unspecified atom stereocenters. The van der Waals surface area contributed by atoms with Crippen molar-refractivity contribution in [3.63, 3.8) is 0 Å². The number of benzene rings is 1. The molecule has 2 aromatic rings. The molecule has 22 heavy (non-hydrogen) atoms. The Labute approximate surface area is 132 Å². The van der Waals surface area contributed by atoms with Gasteiger partial charge in [-0.3, -0.25) is 0 Å². The highest BCUT2D eigenvalue weighted by Crippen LogP contribution is 2.26. The number of hydrogen-bond acceptors (Lipinski definition) is 1. The molecule has 0 aliphatic heterocycles. The normalized spacial score (nSPS) is 11.1. The van der Waals surface area contributed by atoms with E-state index in [4.69, 9.17) is 0 Å². The largest absolute Gasteiger partial charge is 0.478 e. The summed E-state index contributed by atoms with van der Waals surface area (Å²) >= 11 is 0. The van der Waals surface area contributed by atoms with E-state index < -0.39 is 5.97 Å². The maximum Gasteiger partial charge on any atom is 0.337 e. The lowest BCUT2D eigenvalue weighted by Crippen LogP contribution is -2.12. The van der Waals surface area contributed by atoms with Gasteiger partial charge in [0.2, 0.25) is 0 Å². The quantitative estimate of drug-likeness (QED) is 0.805. The van der Waals surface area contributed by atoms with Crippen molar-refractivity contribution in [2.75, 3.05) is 0 Å². The van der Waals surface area contributed by atoms with E-state index in [9.17, 15) is 9.90 Å². The molecule has 0 aliphatic rings. The smallest absolute Gasteiger partial charge is 0.337 e. The zero-order chi connectivity index (χ0) is 16.1. The van der Waals surface area contributed by atoms with Crippen LogP contribution in [0.1, 0.15) is 66.8 Å².